The Hall–Kier alpha value is -9.96. The van der Waals surface area contributed by atoms with Crippen LogP contribution in [-0.4, -0.2) is 0 Å². The fourth-order valence-corrected chi connectivity index (χ4v) is 12.9. The number of furan rings is 2. The molecule has 0 fully saturated rings. The SMILES string of the molecule is c1ccc(-c2ccc(-c3ccc(N(c4ccc(-c5ccc6c(c5)oc5ccccc56)cc4)c4cccc(-c5cccc6c5C5(c7ccccc7-c7cc8oc9ccccc9c8cc75)c5ccccc5-6)c4)cc3)cc2)cc1. The average molecular weight is 968 g/mol. The maximum Gasteiger partial charge on any atom is 0.136 e. The predicted molar refractivity (Wildman–Crippen MR) is 314 cm³/mol. The maximum absolute atomic E-state index is 6.58. The molecular formula is C73H45NO2. The molecule has 2 aliphatic rings. The van der Waals surface area contributed by atoms with Crippen LogP contribution >= 0.6 is 0 Å². The number of hydrogen-bond acceptors (Lipinski definition) is 3. The lowest BCUT2D eigenvalue weighted by Crippen LogP contribution is -2.26. The van der Waals surface area contributed by atoms with Crippen LogP contribution in [0.2, 0.25) is 0 Å². The van der Waals surface area contributed by atoms with Crippen molar-refractivity contribution in [2.45, 2.75) is 5.41 Å². The third-order valence-corrected chi connectivity index (χ3v) is 16.3. The standard InChI is InChI=1S/C73H45NO2/c1-2-14-46(15-3-1)47-28-30-48(31-29-47)49-32-37-53(38-33-49)74(54-39-34-50(35-40-54)51-36-41-61-59-20-6-10-26-68(59)75-70(61)43-51)55-17-12-16-52(42-55)56-22-13-23-62-57-18-4-8-24-65(57)73(72(56)62)66-25-9-5-19-58(66)63-45-71-64(44-67(63)73)60-21-7-11-27-69(60)76-71/h1-45H. The molecule has 0 bridgehead atoms. The Kier molecular flexibility index (Phi) is 9.25. The van der Waals surface area contributed by atoms with E-state index in [1.807, 2.05) is 12.1 Å². The lowest BCUT2D eigenvalue weighted by atomic mass is 9.68. The lowest BCUT2D eigenvalue weighted by Gasteiger charge is -2.32. The molecule has 1 unspecified atom stereocenters. The summed E-state index contributed by atoms with van der Waals surface area (Å²) in [7, 11) is 0. The van der Waals surface area contributed by atoms with E-state index in [2.05, 4.69) is 266 Å². The van der Waals surface area contributed by atoms with Gasteiger partial charge in [0.2, 0.25) is 0 Å². The first-order chi connectivity index (χ1) is 37.7. The summed E-state index contributed by atoms with van der Waals surface area (Å²) >= 11 is 0. The van der Waals surface area contributed by atoms with E-state index in [-0.39, 0.29) is 0 Å². The highest BCUT2D eigenvalue weighted by Crippen LogP contribution is 2.65. The van der Waals surface area contributed by atoms with Crippen molar-refractivity contribution in [1.29, 1.82) is 0 Å². The van der Waals surface area contributed by atoms with Crippen LogP contribution in [0.15, 0.2) is 282 Å². The summed E-state index contributed by atoms with van der Waals surface area (Å²) in [5.41, 5.74) is 25.8. The van der Waals surface area contributed by atoms with Gasteiger partial charge in [0.15, 0.2) is 0 Å². The van der Waals surface area contributed by atoms with Crippen LogP contribution in [0.25, 0.3) is 111 Å². The number of hydrogen-bond donors (Lipinski definition) is 0. The highest BCUT2D eigenvalue weighted by atomic mass is 16.3. The van der Waals surface area contributed by atoms with Crippen molar-refractivity contribution >= 4 is 60.9 Å². The Morgan fingerprint density at radius 2 is 0.697 bits per heavy atom. The van der Waals surface area contributed by atoms with E-state index in [0.717, 1.165) is 83.2 Å². The second kappa shape index (κ2) is 16.5. The third kappa shape index (κ3) is 6.30. The minimum atomic E-state index is -0.576. The van der Waals surface area contributed by atoms with Gasteiger partial charge in [-0.3, -0.25) is 0 Å². The van der Waals surface area contributed by atoms with E-state index >= 15 is 0 Å². The van der Waals surface area contributed by atoms with Crippen LogP contribution in [-0.2, 0) is 5.41 Å². The molecule has 2 aromatic heterocycles. The van der Waals surface area contributed by atoms with Crippen molar-refractivity contribution in [2.24, 2.45) is 0 Å². The van der Waals surface area contributed by atoms with Crippen molar-refractivity contribution in [3.63, 3.8) is 0 Å². The number of fused-ring (bicyclic) bond motifs is 16. The van der Waals surface area contributed by atoms with Gasteiger partial charge in [-0.2, -0.15) is 0 Å². The van der Waals surface area contributed by atoms with Gasteiger partial charge in [0.1, 0.15) is 22.3 Å². The zero-order valence-electron chi connectivity index (χ0n) is 41.2. The summed E-state index contributed by atoms with van der Waals surface area (Å²) < 4.78 is 12.9. The van der Waals surface area contributed by atoms with Crippen LogP contribution in [0, 0.1) is 0 Å². The largest absolute Gasteiger partial charge is 0.456 e. The van der Waals surface area contributed by atoms with Crippen molar-refractivity contribution in [2.75, 3.05) is 4.90 Å². The Bertz CT molecular complexity index is 4620. The molecule has 3 nitrogen and oxygen atoms in total. The number of benzene rings is 12. The van der Waals surface area contributed by atoms with E-state index in [9.17, 15) is 0 Å². The predicted octanol–water partition coefficient (Wildman–Crippen LogP) is 20.0. The van der Waals surface area contributed by atoms with Gasteiger partial charge in [-0.15, -0.1) is 0 Å². The normalized spacial score (nSPS) is 14.1. The Balaban J connectivity index is 0.851. The lowest BCUT2D eigenvalue weighted by molar-refractivity contribution is 0.668. The molecule has 16 rings (SSSR count). The van der Waals surface area contributed by atoms with Crippen LogP contribution in [0.5, 0.6) is 0 Å². The van der Waals surface area contributed by atoms with E-state index < -0.39 is 5.41 Å². The highest BCUT2D eigenvalue weighted by molar-refractivity contribution is 6.10. The number of anilines is 3. The molecule has 76 heavy (non-hydrogen) atoms. The number of nitrogens with zero attached hydrogens (tertiary/aromatic N) is 1. The first-order valence-electron chi connectivity index (χ1n) is 26.1. The minimum Gasteiger partial charge on any atom is -0.456 e. The maximum atomic E-state index is 6.58. The molecule has 0 amide bonds. The second-order valence-electron chi connectivity index (χ2n) is 20.3. The molecule has 1 spiro atoms. The molecule has 2 aliphatic carbocycles. The van der Waals surface area contributed by atoms with Crippen molar-refractivity contribution < 1.29 is 8.83 Å². The average Bonchev–Trinajstić information content (AvgIpc) is 4.42. The fourth-order valence-electron chi connectivity index (χ4n) is 12.9. The molecule has 0 radical (unpaired) electrons. The Morgan fingerprint density at radius 1 is 0.237 bits per heavy atom. The number of rotatable bonds is 7. The molecule has 12 aromatic carbocycles. The first kappa shape index (κ1) is 42.5. The molecule has 2 heterocycles. The Morgan fingerprint density at radius 3 is 1.37 bits per heavy atom. The summed E-state index contributed by atoms with van der Waals surface area (Å²) in [6.45, 7) is 0. The van der Waals surface area contributed by atoms with Crippen LogP contribution in [0.4, 0.5) is 17.1 Å². The quantitative estimate of drug-likeness (QED) is 0.159. The van der Waals surface area contributed by atoms with Crippen LogP contribution in [0.1, 0.15) is 22.3 Å². The smallest absolute Gasteiger partial charge is 0.136 e. The van der Waals surface area contributed by atoms with E-state index in [1.165, 1.54) is 66.8 Å². The van der Waals surface area contributed by atoms with Gasteiger partial charge in [0, 0.05) is 38.6 Å². The van der Waals surface area contributed by atoms with E-state index in [4.69, 9.17) is 8.83 Å². The fraction of sp³-hybridized carbons (Fsp3) is 0.0137. The molecule has 0 N–H and O–H groups in total. The topological polar surface area (TPSA) is 29.5 Å². The molecule has 1 atom stereocenters. The van der Waals surface area contributed by atoms with Crippen LogP contribution < -0.4 is 4.90 Å². The summed E-state index contributed by atoms with van der Waals surface area (Å²) in [6.07, 6.45) is 0. The summed E-state index contributed by atoms with van der Waals surface area (Å²) in [5.74, 6) is 0. The summed E-state index contributed by atoms with van der Waals surface area (Å²) in [5, 5.41) is 4.53. The van der Waals surface area contributed by atoms with Gasteiger partial charge in [-0.05, 0) is 162 Å². The van der Waals surface area contributed by atoms with Gasteiger partial charge in [0.25, 0.3) is 0 Å². The van der Waals surface area contributed by atoms with Gasteiger partial charge in [-0.1, -0.05) is 200 Å². The molecule has 354 valence electrons. The molecular weight excluding hydrogens is 923 g/mol. The Labute approximate surface area is 439 Å². The minimum absolute atomic E-state index is 0.576. The van der Waals surface area contributed by atoms with Crippen LogP contribution in [0.3, 0.4) is 0 Å². The van der Waals surface area contributed by atoms with Crippen molar-refractivity contribution in [3.05, 3.63) is 295 Å². The monoisotopic (exact) mass is 967 g/mol. The summed E-state index contributed by atoms with van der Waals surface area (Å²) in [4.78, 5) is 2.40. The van der Waals surface area contributed by atoms with Crippen molar-refractivity contribution in [3.8, 4) is 66.8 Å². The van der Waals surface area contributed by atoms with Gasteiger partial charge >= 0.3 is 0 Å². The van der Waals surface area contributed by atoms with E-state index in [0.29, 0.717) is 0 Å². The molecule has 0 saturated heterocycles. The van der Waals surface area contributed by atoms with Gasteiger partial charge in [0.05, 0.1) is 5.41 Å². The van der Waals surface area contributed by atoms with Crippen molar-refractivity contribution in [1.82, 2.24) is 0 Å². The third-order valence-electron chi connectivity index (χ3n) is 16.3. The van der Waals surface area contributed by atoms with Gasteiger partial charge in [-0.25, -0.2) is 0 Å². The molecule has 14 aromatic rings. The zero-order chi connectivity index (χ0) is 49.9. The number of para-hydroxylation sites is 2. The molecule has 0 aliphatic heterocycles. The molecule has 0 saturated carbocycles. The van der Waals surface area contributed by atoms with E-state index in [1.54, 1.807) is 0 Å². The zero-order valence-corrected chi connectivity index (χ0v) is 41.2. The second-order valence-corrected chi connectivity index (χ2v) is 20.3. The highest BCUT2D eigenvalue weighted by Gasteiger charge is 2.53. The van der Waals surface area contributed by atoms with Gasteiger partial charge < -0.3 is 13.7 Å². The molecule has 3 heteroatoms. The summed E-state index contributed by atoms with van der Waals surface area (Å²) in [6, 6.07) is 99.6. The first-order valence-corrected chi connectivity index (χ1v) is 26.1.